The second kappa shape index (κ2) is 7.34. The molecule has 0 radical (unpaired) electrons. The highest BCUT2D eigenvalue weighted by Crippen LogP contribution is 2.30. The molecule has 2 aromatic carbocycles. The minimum atomic E-state index is -4.60. The Hall–Kier alpha value is -3.96. The quantitative estimate of drug-likeness (QED) is 0.387. The Bertz CT molecular complexity index is 1060. The molecule has 28 heavy (non-hydrogen) atoms. The van der Waals surface area contributed by atoms with Crippen LogP contribution in [0.5, 0.6) is 0 Å². The first kappa shape index (κ1) is 18.8. The number of H-pyrrole nitrogens is 1. The van der Waals surface area contributed by atoms with Crippen molar-refractivity contribution in [2.75, 3.05) is 5.32 Å². The number of hydrogen-bond acceptors (Lipinski definition) is 5. The normalized spacial score (nSPS) is 11.1. The van der Waals surface area contributed by atoms with Crippen molar-refractivity contribution in [3.8, 4) is 0 Å². The molecule has 12 heteroatoms. The van der Waals surface area contributed by atoms with E-state index in [9.17, 15) is 27.6 Å². The van der Waals surface area contributed by atoms with E-state index >= 15 is 0 Å². The molecular formula is C16H11F3N6O3. The van der Waals surface area contributed by atoms with Gasteiger partial charge in [0, 0.05) is 11.3 Å². The van der Waals surface area contributed by atoms with Crippen LogP contribution in [0.2, 0.25) is 0 Å². The second-order valence-electron chi connectivity index (χ2n) is 5.47. The molecule has 3 aromatic rings. The standard InChI is InChI=1S/C16H11F3N6O3/c17-16(18,19)9-2-1-3-10(7-9)20-14(27)15(28)24-23-13(26)8-4-5-11-12(6-8)22-25-21-11/h1-7H,(H,20,27)(H,23,26)(H,24,28)(H,21,22,25). The van der Waals surface area contributed by atoms with E-state index in [2.05, 4.69) is 15.4 Å². The first-order valence-corrected chi connectivity index (χ1v) is 7.63. The van der Waals surface area contributed by atoms with Gasteiger partial charge in [-0.05, 0) is 36.4 Å². The Morgan fingerprint density at radius 3 is 2.39 bits per heavy atom. The van der Waals surface area contributed by atoms with Gasteiger partial charge in [0.15, 0.2) is 0 Å². The number of nitrogens with one attached hydrogen (secondary N) is 4. The highest BCUT2D eigenvalue weighted by atomic mass is 19.4. The summed E-state index contributed by atoms with van der Waals surface area (Å²) in [5, 5.41) is 12.0. The molecule has 0 bridgehead atoms. The van der Waals surface area contributed by atoms with Gasteiger partial charge in [-0.3, -0.25) is 25.2 Å². The molecule has 0 spiro atoms. The summed E-state index contributed by atoms with van der Waals surface area (Å²) in [5.74, 6) is -3.26. The van der Waals surface area contributed by atoms with E-state index in [1.807, 2.05) is 16.2 Å². The van der Waals surface area contributed by atoms with Crippen LogP contribution in [0.1, 0.15) is 15.9 Å². The van der Waals surface area contributed by atoms with Crippen molar-refractivity contribution in [1.82, 2.24) is 26.3 Å². The number of hydrogen-bond donors (Lipinski definition) is 4. The molecule has 0 fully saturated rings. The van der Waals surface area contributed by atoms with Gasteiger partial charge in [-0.2, -0.15) is 28.6 Å². The smallest absolute Gasteiger partial charge is 0.318 e. The molecule has 3 amide bonds. The average Bonchev–Trinajstić information content (AvgIpc) is 3.13. The number of aromatic amines is 1. The average molecular weight is 392 g/mol. The van der Waals surface area contributed by atoms with Gasteiger partial charge < -0.3 is 5.32 Å². The van der Waals surface area contributed by atoms with Gasteiger partial charge in [0.2, 0.25) is 0 Å². The zero-order valence-corrected chi connectivity index (χ0v) is 13.8. The van der Waals surface area contributed by atoms with Crippen LogP contribution in [0, 0.1) is 0 Å². The topological polar surface area (TPSA) is 129 Å². The lowest BCUT2D eigenvalue weighted by Crippen LogP contribution is -2.46. The Morgan fingerprint density at radius 2 is 1.64 bits per heavy atom. The summed E-state index contributed by atoms with van der Waals surface area (Å²) in [6, 6.07) is 8.12. The predicted octanol–water partition coefficient (Wildman–Crippen LogP) is 1.38. The van der Waals surface area contributed by atoms with Gasteiger partial charge >= 0.3 is 18.0 Å². The minimum absolute atomic E-state index is 0.139. The highest BCUT2D eigenvalue weighted by molar-refractivity contribution is 6.39. The van der Waals surface area contributed by atoms with E-state index in [0.29, 0.717) is 17.1 Å². The maximum absolute atomic E-state index is 12.7. The van der Waals surface area contributed by atoms with Gasteiger partial charge in [-0.1, -0.05) is 6.07 Å². The summed E-state index contributed by atoms with van der Waals surface area (Å²) in [7, 11) is 0. The fourth-order valence-corrected chi connectivity index (χ4v) is 2.19. The van der Waals surface area contributed by atoms with Crippen molar-refractivity contribution < 1.29 is 27.6 Å². The molecule has 1 aromatic heterocycles. The maximum Gasteiger partial charge on any atom is 0.416 e. The van der Waals surface area contributed by atoms with E-state index in [-0.39, 0.29) is 11.3 Å². The number of carbonyl (C=O) groups excluding carboxylic acids is 3. The number of anilines is 1. The zero-order valence-electron chi connectivity index (χ0n) is 13.8. The molecular weight excluding hydrogens is 381 g/mol. The number of fused-ring (bicyclic) bond motifs is 1. The number of rotatable bonds is 2. The fourth-order valence-electron chi connectivity index (χ4n) is 2.19. The lowest BCUT2D eigenvalue weighted by molar-refractivity contribution is -0.137. The van der Waals surface area contributed by atoms with Gasteiger partial charge in [-0.15, -0.1) is 0 Å². The number of amides is 3. The number of benzene rings is 2. The van der Waals surface area contributed by atoms with Gasteiger partial charge in [0.25, 0.3) is 5.91 Å². The Balaban J connectivity index is 1.58. The summed E-state index contributed by atoms with van der Waals surface area (Å²) < 4.78 is 38.0. The SMILES string of the molecule is O=C(NNC(=O)c1ccc2n[nH]nc2c1)C(=O)Nc1cccc(C(F)(F)F)c1. The van der Waals surface area contributed by atoms with Crippen LogP contribution < -0.4 is 16.2 Å². The van der Waals surface area contributed by atoms with Crippen LogP contribution in [0.4, 0.5) is 18.9 Å². The third-order valence-electron chi connectivity index (χ3n) is 3.52. The minimum Gasteiger partial charge on any atom is -0.318 e. The molecule has 4 N–H and O–H groups in total. The van der Waals surface area contributed by atoms with E-state index in [1.165, 1.54) is 24.3 Å². The maximum atomic E-state index is 12.7. The number of hydrazine groups is 1. The Labute approximate surface area is 154 Å². The van der Waals surface area contributed by atoms with E-state index in [0.717, 1.165) is 12.1 Å². The van der Waals surface area contributed by atoms with Gasteiger partial charge in [-0.25, -0.2) is 0 Å². The lowest BCUT2D eigenvalue weighted by atomic mass is 10.2. The molecule has 0 saturated heterocycles. The Kier molecular flexibility index (Phi) is 4.94. The van der Waals surface area contributed by atoms with Crippen molar-refractivity contribution in [3.63, 3.8) is 0 Å². The number of aromatic nitrogens is 3. The van der Waals surface area contributed by atoms with Crippen LogP contribution >= 0.6 is 0 Å². The van der Waals surface area contributed by atoms with Crippen molar-refractivity contribution in [3.05, 3.63) is 53.6 Å². The first-order chi connectivity index (χ1) is 13.2. The van der Waals surface area contributed by atoms with Crippen molar-refractivity contribution in [2.45, 2.75) is 6.18 Å². The summed E-state index contributed by atoms with van der Waals surface area (Å²) >= 11 is 0. The van der Waals surface area contributed by atoms with Gasteiger partial charge in [0.1, 0.15) is 11.0 Å². The van der Waals surface area contributed by atoms with Gasteiger partial charge in [0.05, 0.1) is 5.56 Å². The summed E-state index contributed by atoms with van der Waals surface area (Å²) in [4.78, 5) is 35.5. The molecule has 0 unspecified atom stereocenters. The van der Waals surface area contributed by atoms with Crippen LogP contribution in [0.25, 0.3) is 11.0 Å². The Morgan fingerprint density at radius 1 is 0.893 bits per heavy atom. The molecule has 0 aliphatic carbocycles. The summed E-state index contributed by atoms with van der Waals surface area (Å²) in [5.41, 5.74) is 3.77. The van der Waals surface area contributed by atoms with Crippen LogP contribution in [0.3, 0.4) is 0 Å². The van der Waals surface area contributed by atoms with Crippen molar-refractivity contribution in [1.29, 1.82) is 0 Å². The molecule has 1 heterocycles. The monoisotopic (exact) mass is 392 g/mol. The fraction of sp³-hybridized carbons (Fsp3) is 0.0625. The molecule has 3 rings (SSSR count). The second-order valence-corrected chi connectivity index (χ2v) is 5.47. The molecule has 144 valence electrons. The largest absolute Gasteiger partial charge is 0.416 e. The molecule has 0 aliphatic heterocycles. The van der Waals surface area contributed by atoms with Crippen molar-refractivity contribution >= 4 is 34.4 Å². The zero-order chi connectivity index (χ0) is 20.3. The first-order valence-electron chi connectivity index (χ1n) is 7.63. The molecule has 9 nitrogen and oxygen atoms in total. The third-order valence-corrected chi connectivity index (χ3v) is 3.52. The van der Waals surface area contributed by atoms with Crippen LogP contribution in [-0.2, 0) is 15.8 Å². The molecule has 0 aliphatic rings. The van der Waals surface area contributed by atoms with Crippen molar-refractivity contribution in [2.24, 2.45) is 0 Å². The summed E-state index contributed by atoms with van der Waals surface area (Å²) in [6.07, 6.45) is -4.60. The summed E-state index contributed by atoms with van der Waals surface area (Å²) in [6.45, 7) is 0. The third kappa shape index (κ3) is 4.23. The molecule has 0 atom stereocenters. The van der Waals surface area contributed by atoms with E-state index in [4.69, 9.17) is 0 Å². The number of alkyl halides is 3. The lowest BCUT2D eigenvalue weighted by Gasteiger charge is -2.10. The highest BCUT2D eigenvalue weighted by Gasteiger charge is 2.30. The van der Waals surface area contributed by atoms with E-state index < -0.39 is 29.5 Å². The van der Waals surface area contributed by atoms with Crippen LogP contribution in [-0.4, -0.2) is 33.1 Å². The number of halogens is 3. The number of nitrogens with zero attached hydrogens (tertiary/aromatic N) is 2. The number of carbonyl (C=O) groups is 3. The predicted molar refractivity (Wildman–Crippen MR) is 89.6 cm³/mol. The molecule has 0 saturated carbocycles. The van der Waals surface area contributed by atoms with Crippen LogP contribution in [0.15, 0.2) is 42.5 Å². The van der Waals surface area contributed by atoms with E-state index in [1.54, 1.807) is 0 Å².